The Bertz CT molecular complexity index is 1290. The average Bonchev–Trinajstić information content (AvgIpc) is 2.91. The van der Waals surface area contributed by atoms with E-state index in [4.69, 9.17) is 4.74 Å². The summed E-state index contributed by atoms with van der Waals surface area (Å²) in [6.45, 7) is 0.643. The molecule has 0 radical (unpaired) electrons. The molecule has 0 saturated carbocycles. The summed E-state index contributed by atoms with van der Waals surface area (Å²) in [4.78, 5) is 30.3. The molecule has 0 fully saturated rings. The highest BCUT2D eigenvalue weighted by Gasteiger charge is 2.22. The van der Waals surface area contributed by atoms with E-state index >= 15 is 0 Å². The molecule has 0 bridgehead atoms. The molecule has 184 valence electrons. The first-order chi connectivity index (χ1) is 17.4. The summed E-state index contributed by atoms with van der Waals surface area (Å²) in [5.41, 5.74) is 4.63. The molecule has 3 aromatic rings. The second-order valence-electron chi connectivity index (χ2n) is 8.13. The standard InChI is InChI=1S/C28H26N2O6/c1-30(21-14-10-18(11-15-21)16-23(26(31)34-2)27(32)35-3)17-19-8-12-20(13-9-19)25-29-24-7-5-4-6-22(24)28(33)36-25/h4-16,28,33H,17H2,1-3H3. The Labute approximate surface area is 209 Å². The number of aliphatic hydroxyl groups excluding tert-OH is 1. The fourth-order valence-corrected chi connectivity index (χ4v) is 3.77. The fourth-order valence-electron chi connectivity index (χ4n) is 3.77. The van der Waals surface area contributed by atoms with Gasteiger partial charge in [0, 0.05) is 30.4 Å². The first-order valence-corrected chi connectivity index (χ1v) is 11.2. The predicted molar refractivity (Wildman–Crippen MR) is 136 cm³/mol. The van der Waals surface area contributed by atoms with Crippen LogP contribution in [0, 0.1) is 0 Å². The Morgan fingerprint density at radius 2 is 1.61 bits per heavy atom. The molecule has 0 saturated heterocycles. The maximum Gasteiger partial charge on any atom is 0.345 e. The molecule has 4 rings (SSSR count). The number of rotatable bonds is 7. The Balaban J connectivity index is 1.45. The number of fused-ring (bicyclic) bond motifs is 1. The largest absolute Gasteiger partial charge is 0.465 e. The van der Waals surface area contributed by atoms with Crippen LogP contribution in [0.3, 0.4) is 0 Å². The highest BCUT2D eigenvalue weighted by atomic mass is 16.6. The van der Waals surface area contributed by atoms with Gasteiger partial charge in [-0.05, 0) is 47.5 Å². The molecule has 8 heteroatoms. The molecule has 1 aliphatic heterocycles. The monoisotopic (exact) mass is 486 g/mol. The number of benzene rings is 3. The lowest BCUT2D eigenvalue weighted by molar-refractivity contribution is -0.143. The molecule has 0 aliphatic carbocycles. The zero-order valence-electron chi connectivity index (χ0n) is 20.2. The van der Waals surface area contributed by atoms with E-state index in [1.165, 1.54) is 20.3 Å². The van der Waals surface area contributed by atoms with E-state index in [0.29, 0.717) is 29.3 Å². The van der Waals surface area contributed by atoms with Gasteiger partial charge in [0.15, 0.2) is 0 Å². The number of nitrogens with zero attached hydrogens (tertiary/aromatic N) is 2. The second-order valence-corrected chi connectivity index (χ2v) is 8.13. The normalized spacial score (nSPS) is 14.0. The van der Waals surface area contributed by atoms with Gasteiger partial charge in [0.05, 0.1) is 19.9 Å². The minimum Gasteiger partial charge on any atom is -0.465 e. The van der Waals surface area contributed by atoms with E-state index in [-0.39, 0.29) is 5.57 Å². The molecule has 1 aliphatic rings. The summed E-state index contributed by atoms with van der Waals surface area (Å²) in [5.74, 6) is -1.13. The van der Waals surface area contributed by atoms with Crippen LogP contribution >= 0.6 is 0 Å². The smallest absolute Gasteiger partial charge is 0.345 e. The van der Waals surface area contributed by atoms with Crippen LogP contribution in [0.25, 0.3) is 6.08 Å². The number of aliphatic hydroxyl groups is 1. The molecule has 1 N–H and O–H groups in total. The number of aliphatic imine (C=N–C) groups is 1. The van der Waals surface area contributed by atoms with Crippen molar-refractivity contribution in [1.29, 1.82) is 0 Å². The van der Waals surface area contributed by atoms with E-state index in [2.05, 4.69) is 19.4 Å². The van der Waals surface area contributed by atoms with Crippen molar-refractivity contribution in [2.24, 2.45) is 4.99 Å². The Hall–Kier alpha value is -4.43. The molecule has 0 aromatic heterocycles. The van der Waals surface area contributed by atoms with E-state index < -0.39 is 18.2 Å². The van der Waals surface area contributed by atoms with Crippen molar-refractivity contribution in [3.63, 3.8) is 0 Å². The summed E-state index contributed by atoms with van der Waals surface area (Å²) < 4.78 is 14.9. The van der Waals surface area contributed by atoms with Gasteiger partial charge in [-0.15, -0.1) is 0 Å². The minimum atomic E-state index is -1.05. The van der Waals surface area contributed by atoms with Gasteiger partial charge in [-0.2, -0.15) is 0 Å². The van der Waals surface area contributed by atoms with E-state index in [1.807, 2.05) is 73.8 Å². The van der Waals surface area contributed by atoms with Crippen LogP contribution in [0.4, 0.5) is 11.4 Å². The molecule has 1 heterocycles. The fraction of sp³-hybridized carbons (Fsp3) is 0.179. The number of esters is 2. The summed E-state index contributed by atoms with van der Waals surface area (Å²) >= 11 is 0. The first kappa shape index (κ1) is 24.7. The summed E-state index contributed by atoms with van der Waals surface area (Å²) in [6, 6.07) is 22.6. The zero-order valence-corrected chi connectivity index (χ0v) is 20.2. The first-order valence-electron chi connectivity index (χ1n) is 11.2. The van der Waals surface area contributed by atoms with Crippen LogP contribution in [-0.4, -0.2) is 44.2 Å². The van der Waals surface area contributed by atoms with Gasteiger partial charge >= 0.3 is 11.9 Å². The minimum absolute atomic E-state index is 0.177. The number of hydrogen-bond acceptors (Lipinski definition) is 8. The van der Waals surface area contributed by atoms with E-state index in [1.54, 1.807) is 6.07 Å². The molecule has 3 aromatic carbocycles. The van der Waals surface area contributed by atoms with Gasteiger partial charge in [0.25, 0.3) is 0 Å². The van der Waals surface area contributed by atoms with Crippen molar-refractivity contribution in [2.75, 3.05) is 26.2 Å². The molecule has 0 spiro atoms. The number of ether oxygens (including phenoxy) is 3. The molecule has 1 atom stereocenters. The third-order valence-corrected chi connectivity index (χ3v) is 5.72. The summed E-state index contributed by atoms with van der Waals surface area (Å²) in [5, 5.41) is 10.3. The maximum atomic E-state index is 11.9. The van der Waals surface area contributed by atoms with Gasteiger partial charge in [-0.1, -0.05) is 42.5 Å². The zero-order chi connectivity index (χ0) is 25.7. The van der Waals surface area contributed by atoms with Crippen molar-refractivity contribution in [3.8, 4) is 0 Å². The van der Waals surface area contributed by atoms with Crippen LogP contribution in [0.2, 0.25) is 0 Å². The molecule has 0 amide bonds. The average molecular weight is 487 g/mol. The highest BCUT2D eigenvalue weighted by Crippen LogP contribution is 2.32. The van der Waals surface area contributed by atoms with Crippen molar-refractivity contribution < 1.29 is 28.9 Å². The number of para-hydroxylation sites is 1. The van der Waals surface area contributed by atoms with Gasteiger partial charge < -0.3 is 24.2 Å². The van der Waals surface area contributed by atoms with Crippen molar-refractivity contribution in [3.05, 3.63) is 101 Å². The van der Waals surface area contributed by atoms with Crippen LogP contribution in [0.1, 0.15) is 28.5 Å². The SMILES string of the molecule is COC(=O)C(=Cc1ccc(N(C)Cc2ccc(C3=Nc4ccccc4C(O)O3)cc2)cc1)C(=O)OC. The van der Waals surface area contributed by atoms with Crippen LogP contribution in [-0.2, 0) is 30.3 Å². The Kier molecular flexibility index (Phi) is 7.46. The molecular weight excluding hydrogens is 460 g/mol. The molecule has 8 nitrogen and oxygen atoms in total. The Morgan fingerprint density at radius 1 is 0.972 bits per heavy atom. The third kappa shape index (κ3) is 5.45. The molecule has 1 unspecified atom stereocenters. The number of anilines is 1. The topological polar surface area (TPSA) is 97.7 Å². The van der Waals surface area contributed by atoms with Crippen molar-refractivity contribution >= 4 is 35.3 Å². The van der Waals surface area contributed by atoms with Gasteiger partial charge in [0.2, 0.25) is 12.2 Å². The number of methoxy groups -OCH3 is 2. The van der Waals surface area contributed by atoms with Crippen LogP contribution in [0.15, 0.2) is 83.4 Å². The lowest BCUT2D eigenvalue weighted by atomic mass is 10.1. The second kappa shape index (κ2) is 10.9. The van der Waals surface area contributed by atoms with E-state index in [9.17, 15) is 14.7 Å². The van der Waals surface area contributed by atoms with Crippen LogP contribution in [0.5, 0.6) is 0 Å². The lowest BCUT2D eigenvalue weighted by Crippen LogP contribution is -2.18. The number of carbonyl (C=O) groups is 2. The summed E-state index contributed by atoms with van der Waals surface area (Å²) in [7, 11) is 4.39. The molecule has 36 heavy (non-hydrogen) atoms. The van der Waals surface area contributed by atoms with Crippen molar-refractivity contribution in [1.82, 2.24) is 0 Å². The van der Waals surface area contributed by atoms with Crippen LogP contribution < -0.4 is 4.90 Å². The Morgan fingerprint density at radius 3 is 2.25 bits per heavy atom. The lowest BCUT2D eigenvalue weighted by Gasteiger charge is -2.22. The highest BCUT2D eigenvalue weighted by molar-refractivity contribution is 6.17. The van der Waals surface area contributed by atoms with Crippen molar-refractivity contribution in [2.45, 2.75) is 12.8 Å². The quantitative estimate of drug-likeness (QED) is 0.232. The number of hydrogen-bond donors (Lipinski definition) is 1. The van der Waals surface area contributed by atoms with Gasteiger partial charge in [-0.25, -0.2) is 14.6 Å². The third-order valence-electron chi connectivity index (χ3n) is 5.72. The summed E-state index contributed by atoms with van der Waals surface area (Å²) in [6.07, 6.45) is 0.389. The predicted octanol–water partition coefficient (Wildman–Crippen LogP) is 4.15. The molecular formula is C28H26N2O6. The van der Waals surface area contributed by atoms with E-state index in [0.717, 1.165) is 16.8 Å². The van der Waals surface area contributed by atoms with Gasteiger partial charge in [-0.3, -0.25) is 0 Å². The maximum absolute atomic E-state index is 11.9. The van der Waals surface area contributed by atoms with Gasteiger partial charge in [0.1, 0.15) is 5.57 Å². The number of carbonyl (C=O) groups excluding carboxylic acids is 2.